The van der Waals surface area contributed by atoms with Crippen molar-refractivity contribution in [2.45, 2.75) is 13.3 Å². The summed E-state index contributed by atoms with van der Waals surface area (Å²) in [7, 11) is 0. The Labute approximate surface area is 109 Å². The molecule has 0 saturated carbocycles. The monoisotopic (exact) mass is 291 g/mol. The van der Waals surface area contributed by atoms with Crippen molar-refractivity contribution in [1.82, 2.24) is 9.97 Å². The normalized spacial score (nSPS) is 10.2. The van der Waals surface area contributed by atoms with E-state index in [1.165, 1.54) is 5.56 Å². The Bertz CT molecular complexity index is 485. The van der Waals surface area contributed by atoms with Crippen LogP contribution >= 0.6 is 15.9 Å². The average molecular weight is 292 g/mol. The molecule has 2 rings (SSSR count). The van der Waals surface area contributed by atoms with Crippen molar-refractivity contribution in [3.63, 3.8) is 0 Å². The topological polar surface area (TPSA) is 37.8 Å². The summed E-state index contributed by atoms with van der Waals surface area (Å²) in [5, 5.41) is 3.30. The Kier molecular flexibility index (Phi) is 4.09. The maximum absolute atomic E-state index is 4.29. The van der Waals surface area contributed by atoms with Crippen LogP contribution in [0.15, 0.2) is 41.1 Å². The number of anilines is 1. The highest BCUT2D eigenvalue weighted by atomic mass is 79.9. The zero-order valence-corrected chi connectivity index (χ0v) is 11.2. The summed E-state index contributed by atoms with van der Waals surface area (Å²) in [4.78, 5) is 8.57. The smallest absolute Gasteiger partial charge is 0.140 e. The molecule has 1 N–H and O–H groups in total. The average Bonchev–Trinajstić information content (AvgIpc) is 2.36. The van der Waals surface area contributed by atoms with E-state index in [-0.39, 0.29) is 0 Å². The second kappa shape index (κ2) is 5.77. The van der Waals surface area contributed by atoms with E-state index in [0.29, 0.717) is 0 Å². The molecule has 0 bridgehead atoms. The van der Waals surface area contributed by atoms with E-state index in [2.05, 4.69) is 38.1 Å². The van der Waals surface area contributed by atoms with Crippen molar-refractivity contribution in [3.8, 4) is 0 Å². The minimum absolute atomic E-state index is 0.825. The number of pyridine rings is 2. The number of nitrogens with one attached hydrogen (secondary N) is 1. The van der Waals surface area contributed by atoms with Gasteiger partial charge in [0.1, 0.15) is 5.82 Å². The lowest BCUT2D eigenvalue weighted by atomic mass is 10.2. The molecule has 4 heteroatoms. The fraction of sp³-hybridized carbons (Fsp3) is 0.231. The SMILES string of the molecule is Cc1ccnc(NCCc2ccccn2)c1Br. The van der Waals surface area contributed by atoms with Crippen LogP contribution in [0.1, 0.15) is 11.3 Å². The Hall–Kier alpha value is -1.42. The van der Waals surface area contributed by atoms with Crippen LogP contribution in [0.4, 0.5) is 5.82 Å². The van der Waals surface area contributed by atoms with Crippen LogP contribution in [-0.2, 0) is 6.42 Å². The number of aryl methyl sites for hydroxylation is 1. The van der Waals surface area contributed by atoms with Gasteiger partial charge >= 0.3 is 0 Å². The molecule has 0 saturated heterocycles. The molecule has 0 radical (unpaired) electrons. The predicted molar refractivity (Wildman–Crippen MR) is 73.1 cm³/mol. The summed E-state index contributed by atoms with van der Waals surface area (Å²) < 4.78 is 1.03. The molecule has 0 aromatic carbocycles. The number of nitrogens with zero attached hydrogens (tertiary/aromatic N) is 2. The summed E-state index contributed by atoms with van der Waals surface area (Å²) in [5.74, 6) is 0.890. The molecule has 0 atom stereocenters. The van der Waals surface area contributed by atoms with Gasteiger partial charge < -0.3 is 5.32 Å². The van der Waals surface area contributed by atoms with Crippen LogP contribution in [0, 0.1) is 6.92 Å². The summed E-state index contributed by atoms with van der Waals surface area (Å²) in [6.45, 7) is 2.88. The lowest BCUT2D eigenvalue weighted by Crippen LogP contribution is -2.08. The Morgan fingerprint density at radius 2 is 2.06 bits per heavy atom. The molecule has 0 aliphatic heterocycles. The van der Waals surface area contributed by atoms with Crippen LogP contribution in [0.5, 0.6) is 0 Å². The van der Waals surface area contributed by atoms with Gasteiger partial charge in [0, 0.05) is 31.1 Å². The van der Waals surface area contributed by atoms with Crippen molar-refractivity contribution in [2.24, 2.45) is 0 Å². The summed E-state index contributed by atoms with van der Waals surface area (Å²) >= 11 is 3.53. The van der Waals surface area contributed by atoms with E-state index in [0.717, 1.165) is 29.0 Å². The molecule has 0 unspecified atom stereocenters. The second-order valence-corrected chi connectivity index (χ2v) is 4.58. The van der Waals surface area contributed by atoms with E-state index in [1.54, 1.807) is 0 Å². The number of rotatable bonds is 4. The summed E-state index contributed by atoms with van der Waals surface area (Å²) in [6.07, 6.45) is 4.52. The van der Waals surface area contributed by atoms with Crippen molar-refractivity contribution < 1.29 is 0 Å². The number of hydrogen-bond donors (Lipinski definition) is 1. The van der Waals surface area contributed by atoms with Gasteiger partial charge in [0.05, 0.1) is 4.47 Å². The van der Waals surface area contributed by atoms with Gasteiger partial charge in [-0.05, 0) is 46.6 Å². The van der Waals surface area contributed by atoms with Crippen LogP contribution in [0.25, 0.3) is 0 Å². The fourth-order valence-corrected chi connectivity index (χ4v) is 1.89. The molecule has 0 spiro atoms. The molecule has 2 heterocycles. The van der Waals surface area contributed by atoms with E-state index >= 15 is 0 Å². The van der Waals surface area contributed by atoms with Crippen LogP contribution < -0.4 is 5.32 Å². The lowest BCUT2D eigenvalue weighted by molar-refractivity contribution is 0.952. The molecule has 3 nitrogen and oxygen atoms in total. The highest BCUT2D eigenvalue weighted by Gasteiger charge is 2.02. The third-order valence-corrected chi connectivity index (χ3v) is 3.48. The van der Waals surface area contributed by atoms with E-state index in [1.807, 2.05) is 36.7 Å². The Balaban J connectivity index is 1.93. The van der Waals surface area contributed by atoms with Gasteiger partial charge in [-0.15, -0.1) is 0 Å². The molecule has 0 fully saturated rings. The largest absolute Gasteiger partial charge is 0.369 e. The maximum Gasteiger partial charge on any atom is 0.140 e. The standard InChI is InChI=1S/C13H14BrN3/c1-10-5-8-16-13(12(10)14)17-9-6-11-4-2-3-7-15-11/h2-5,7-8H,6,9H2,1H3,(H,16,17). The molecule has 0 aliphatic rings. The van der Waals surface area contributed by atoms with Crippen molar-refractivity contribution in [1.29, 1.82) is 0 Å². The third-order valence-electron chi connectivity index (χ3n) is 2.48. The molecular weight excluding hydrogens is 278 g/mol. The fourth-order valence-electron chi connectivity index (χ4n) is 1.52. The van der Waals surface area contributed by atoms with Gasteiger partial charge in [-0.1, -0.05) is 6.07 Å². The van der Waals surface area contributed by atoms with Gasteiger partial charge in [-0.25, -0.2) is 4.98 Å². The van der Waals surface area contributed by atoms with Crippen LogP contribution in [-0.4, -0.2) is 16.5 Å². The van der Waals surface area contributed by atoms with E-state index < -0.39 is 0 Å². The first-order chi connectivity index (χ1) is 8.27. The van der Waals surface area contributed by atoms with Crippen LogP contribution in [0.3, 0.4) is 0 Å². The highest BCUT2D eigenvalue weighted by Crippen LogP contribution is 2.22. The Morgan fingerprint density at radius 3 is 2.82 bits per heavy atom. The maximum atomic E-state index is 4.29. The van der Waals surface area contributed by atoms with Gasteiger partial charge in [0.15, 0.2) is 0 Å². The molecule has 88 valence electrons. The zero-order chi connectivity index (χ0) is 12.1. The van der Waals surface area contributed by atoms with Crippen molar-refractivity contribution >= 4 is 21.7 Å². The van der Waals surface area contributed by atoms with Gasteiger partial charge in [0.25, 0.3) is 0 Å². The van der Waals surface area contributed by atoms with E-state index in [9.17, 15) is 0 Å². The van der Waals surface area contributed by atoms with Gasteiger partial charge in [-0.3, -0.25) is 4.98 Å². The molecule has 2 aromatic rings. The van der Waals surface area contributed by atoms with Crippen molar-refractivity contribution in [3.05, 3.63) is 52.4 Å². The molecule has 2 aromatic heterocycles. The van der Waals surface area contributed by atoms with Gasteiger partial charge in [-0.2, -0.15) is 0 Å². The molecule has 17 heavy (non-hydrogen) atoms. The van der Waals surface area contributed by atoms with Gasteiger partial charge in [0.2, 0.25) is 0 Å². The zero-order valence-electron chi connectivity index (χ0n) is 9.65. The number of halogens is 1. The van der Waals surface area contributed by atoms with Crippen molar-refractivity contribution in [2.75, 3.05) is 11.9 Å². The van der Waals surface area contributed by atoms with E-state index in [4.69, 9.17) is 0 Å². The lowest BCUT2D eigenvalue weighted by Gasteiger charge is -2.08. The molecular formula is C13H14BrN3. The molecule has 0 amide bonds. The Morgan fingerprint density at radius 1 is 1.18 bits per heavy atom. The number of aromatic nitrogens is 2. The first-order valence-corrected chi connectivity index (χ1v) is 6.31. The summed E-state index contributed by atoms with van der Waals surface area (Å²) in [6, 6.07) is 7.94. The number of hydrogen-bond acceptors (Lipinski definition) is 3. The third kappa shape index (κ3) is 3.27. The minimum Gasteiger partial charge on any atom is -0.369 e. The quantitative estimate of drug-likeness (QED) is 0.940. The first-order valence-electron chi connectivity index (χ1n) is 5.52. The first kappa shape index (κ1) is 12.0. The predicted octanol–water partition coefficient (Wildman–Crippen LogP) is 3.20. The summed E-state index contributed by atoms with van der Waals surface area (Å²) in [5.41, 5.74) is 2.27. The van der Waals surface area contributed by atoms with Crippen LogP contribution in [0.2, 0.25) is 0 Å². The second-order valence-electron chi connectivity index (χ2n) is 3.79. The minimum atomic E-state index is 0.825. The molecule has 0 aliphatic carbocycles. The highest BCUT2D eigenvalue weighted by molar-refractivity contribution is 9.10.